The quantitative estimate of drug-likeness (QED) is 0.783. The van der Waals surface area contributed by atoms with E-state index in [4.69, 9.17) is 5.11 Å². The van der Waals surface area contributed by atoms with Crippen molar-refractivity contribution in [3.8, 4) is 0 Å². The van der Waals surface area contributed by atoms with Gasteiger partial charge in [-0.05, 0) is 29.2 Å². The second-order valence-corrected chi connectivity index (χ2v) is 5.91. The van der Waals surface area contributed by atoms with E-state index in [-0.39, 0.29) is 12.5 Å². The summed E-state index contributed by atoms with van der Waals surface area (Å²) >= 11 is 1.59. The van der Waals surface area contributed by atoms with E-state index in [1.807, 2.05) is 42.6 Å². The molecule has 1 aromatic heterocycles. The zero-order chi connectivity index (χ0) is 15.6. The lowest BCUT2D eigenvalue weighted by molar-refractivity contribution is -0.118. The van der Waals surface area contributed by atoms with Gasteiger partial charge in [-0.3, -0.25) is 9.78 Å². The number of aliphatic hydroxyl groups excluding tert-OH is 1. The molecule has 0 saturated heterocycles. The van der Waals surface area contributed by atoms with Gasteiger partial charge >= 0.3 is 0 Å². The van der Waals surface area contributed by atoms with E-state index in [0.29, 0.717) is 12.3 Å². The summed E-state index contributed by atoms with van der Waals surface area (Å²) in [5.41, 5.74) is 3.18. The summed E-state index contributed by atoms with van der Waals surface area (Å²) in [4.78, 5) is 15.8. The van der Waals surface area contributed by atoms with Gasteiger partial charge in [-0.1, -0.05) is 30.3 Å². The van der Waals surface area contributed by atoms with E-state index >= 15 is 0 Å². The third-order valence-electron chi connectivity index (χ3n) is 3.17. The van der Waals surface area contributed by atoms with Gasteiger partial charge < -0.3 is 10.4 Å². The summed E-state index contributed by atoms with van der Waals surface area (Å²) in [6, 6.07) is 11.7. The molecule has 0 aliphatic heterocycles. The van der Waals surface area contributed by atoms with Crippen LogP contribution in [-0.4, -0.2) is 28.3 Å². The van der Waals surface area contributed by atoms with Gasteiger partial charge in [0.2, 0.25) is 5.91 Å². The number of rotatable bonds is 8. The third kappa shape index (κ3) is 5.87. The molecule has 0 spiro atoms. The number of nitrogens with zero attached hydrogens (tertiary/aromatic N) is 1. The first-order valence-electron chi connectivity index (χ1n) is 7.20. The van der Waals surface area contributed by atoms with Crippen LogP contribution >= 0.6 is 11.8 Å². The number of carbonyl (C=O) groups excluding carboxylic acids is 1. The molecule has 5 heteroatoms. The first-order valence-corrected chi connectivity index (χ1v) is 8.35. The molecule has 0 aliphatic rings. The van der Waals surface area contributed by atoms with Crippen LogP contribution in [0.2, 0.25) is 0 Å². The molecule has 1 heterocycles. The van der Waals surface area contributed by atoms with Crippen LogP contribution < -0.4 is 5.32 Å². The summed E-state index contributed by atoms with van der Waals surface area (Å²) in [6.07, 6.45) is 4.36. The largest absolute Gasteiger partial charge is 0.392 e. The Labute approximate surface area is 135 Å². The molecular weight excluding hydrogens is 296 g/mol. The minimum atomic E-state index is 0.0564. The maximum absolute atomic E-state index is 11.7. The molecule has 116 valence electrons. The maximum atomic E-state index is 11.7. The Kier molecular flexibility index (Phi) is 6.93. The molecule has 2 aromatic rings. The molecule has 1 aromatic carbocycles. The number of hydrogen-bond acceptors (Lipinski definition) is 4. The van der Waals surface area contributed by atoms with Crippen LogP contribution in [0.1, 0.15) is 16.7 Å². The highest BCUT2D eigenvalue weighted by Crippen LogP contribution is 2.10. The number of amides is 1. The van der Waals surface area contributed by atoms with Gasteiger partial charge in [-0.15, -0.1) is 11.8 Å². The minimum Gasteiger partial charge on any atom is -0.392 e. The first-order chi connectivity index (χ1) is 10.8. The van der Waals surface area contributed by atoms with Crippen molar-refractivity contribution >= 4 is 17.7 Å². The van der Waals surface area contributed by atoms with Gasteiger partial charge in [0.25, 0.3) is 0 Å². The van der Waals surface area contributed by atoms with E-state index in [1.165, 1.54) is 0 Å². The highest BCUT2D eigenvalue weighted by atomic mass is 32.2. The van der Waals surface area contributed by atoms with E-state index in [1.54, 1.807) is 18.0 Å². The zero-order valence-electron chi connectivity index (χ0n) is 12.4. The molecule has 0 fully saturated rings. The van der Waals surface area contributed by atoms with Crippen LogP contribution in [0.4, 0.5) is 0 Å². The molecule has 22 heavy (non-hydrogen) atoms. The second kappa shape index (κ2) is 9.23. The number of aromatic nitrogens is 1. The van der Waals surface area contributed by atoms with Gasteiger partial charge in [0.1, 0.15) is 0 Å². The minimum absolute atomic E-state index is 0.0564. The van der Waals surface area contributed by atoms with Crippen molar-refractivity contribution in [1.82, 2.24) is 10.3 Å². The lowest BCUT2D eigenvalue weighted by Gasteiger charge is -2.06. The molecule has 0 bridgehead atoms. The van der Waals surface area contributed by atoms with Gasteiger partial charge in [0.15, 0.2) is 0 Å². The molecule has 0 aliphatic carbocycles. The standard InChI is InChI=1S/C17H20N2O2S/c20-11-15-5-3-14(4-6-15)7-9-19-17(21)13-22-12-16-2-1-8-18-10-16/h1-6,8,10,20H,7,9,11-13H2,(H,19,21). The van der Waals surface area contributed by atoms with Crippen molar-refractivity contribution < 1.29 is 9.90 Å². The Hall–Kier alpha value is -1.85. The van der Waals surface area contributed by atoms with Crippen molar-refractivity contribution in [2.75, 3.05) is 12.3 Å². The van der Waals surface area contributed by atoms with Crippen molar-refractivity contribution in [3.05, 3.63) is 65.5 Å². The summed E-state index contributed by atoms with van der Waals surface area (Å²) in [7, 11) is 0. The lowest BCUT2D eigenvalue weighted by Crippen LogP contribution is -2.27. The molecule has 0 atom stereocenters. The summed E-state index contributed by atoms with van der Waals surface area (Å²) < 4.78 is 0. The predicted octanol–water partition coefficient (Wildman–Crippen LogP) is 2.17. The third-order valence-corrected chi connectivity index (χ3v) is 4.17. The van der Waals surface area contributed by atoms with Gasteiger partial charge in [0.05, 0.1) is 12.4 Å². The number of aliphatic hydroxyl groups is 1. The highest BCUT2D eigenvalue weighted by molar-refractivity contribution is 7.99. The molecule has 0 radical (unpaired) electrons. The van der Waals surface area contributed by atoms with Crippen LogP contribution in [0, 0.1) is 0 Å². The van der Waals surface area contributed by atoms with Gasteiger partial charge in [-0.25, -0.2) is 0 Å². The number of pyridine rings is 1. The summed E-state index contributed by atoms with van der Waals surface area (Å²) in [5.74, 6) is 1.31. The number of benzene rings is 1. The Morgan fingerprint density at radius 3 is 2.59 bits per heavy atom. The van der Waals surface area contributed by atoms with Crippen LogP contribution in [0.5, 0.6) is 0 Å². The van der Waals surface area contributed by atoms with Gasteiger partial charge in [-0.2, -0.15) is 0 Å². The number of hydrogen-bond donors (Lipinski definition) is 2. The molecule has 0 saturated carbocycles. The predicted molar refractivity (Wildman–Crippen MR) is 89.5 cm³/mol. The highest BCUT2D eigenvalue weighted by Gasteiger charge is 2.02. The fourth-order valence-corrected chi connectivity index (χ4v) is 2.75. The maximum Gasteiger partial charge on any atom is 0.230 e. The van der Waals surface area contributed by atoms with Crippen molar-refractivity contribution in [2.45, 2.75) is 18.8 Å². The molecule has 4 nitrogen and oxygen atoms in total. The van der Waals surface area contributed by atoms with E-state index < -0.39 is 0 Å². The van der Waals surface area contributed by atoms with E-state index in [2.05, 4.69) is 10.3 Å². The van der Waals surface area contributed by atoms with Gasteiger partial charge in [0, 0.05) is 24.7 Å². The monoisotopic (exact) mass is 316 g/mol. The second-order valence-electron chi connectivity index (χ2n) is 4.93. The molecule has 1 amide bonds. The fraction of sp³-hybridized carbons (Fsp3) is 0.294. The summed E-state index contributed by atoms with van der Waals surface area (Å²) in [6.45, 7) is 0.690. The number of nitrogens with one attached hydrogen (secondary N) is 1. The Bertz CT molecular complexity index is 573. The van der Waals surface area contributed by atoms with E-state index in [9.17, 15) is 4.79 Å². The Morgan fingerprint density at radius 1 is 1.14 bits per heavy atom. The zero-order valence-corrected chi connectivity index (χ0v) is 13.2. The van der Waals surface area contributed by atoms with Crippen molar-refractivity contribution in [1.29, 1.82) is 0 Å². The normalized spacial score (nSPS) is 10.4. The molecule has 2 rings (SSSR count). The summed E-state index contributed by atoms with van der Waals surface area (Å²) in [5, 5.41) is 11.9. The Balaban J connectivity index is 1.61. The first kappa shape index (κ1) is 16.5. The molecule has 0 unspecified atom stereocenters. The average molecular weight is 316 g/mol. The van der Waals surface area contributed by atoms with Crippen molar-refractivity contribution in [3.63, 3.8) is 0 Å². The average Bonchev–Trinajstić information content (AvgIpc) is 2.56. The number of thioether (sulfide) groups is 1. The van der Waals surface area contributed by atoms with Crippen LogP contribution in [-0.2, 0) is 23.6 Å². The SMILES string of the molecule is O=C(CSCc1cccnc1)NCCc1ccc(CO)cc1. The topological polar surface area (TPSA) is 62.2 Å². The van der Waals surface area contributed by atoms with E-state index in [0.717, 1.165) is 28.9 Å². The smallest absolute Gasteiger partial charge is 0.230 e. The fourth-order valence-electron chi connectivity index (χ4n) is 1.95. The van der Waals surface area contributed by atoms with Crippen molar-refractivity contribution in [2.24, 2.45) is 0 Å². The molecule has 2 N–H and O–H groups in total. The van der Waals surface area contributed by atoms with Crippen LogP contribution in [0.3, 0.4) is 0 Å². The lowest BCUT2D eigenvalue weighted by atomic mass is 10.1. The molecular formula is C17H20N2O2S. The van der Waals surface area contributed by atoms with Crippen LogP contribution in [0.25, 0.3) is 0 Å². The Morgan fingerprint density at radius 2 is 1.91 bits per heavy atom. The number of carbonyl (C=O) groups is 1. The van der Waals surface area contributed by atoms with Crippen LogP contribution in [0.15, 0.2) is 48.8 Å².